The summed E-state index contributed by atoms with van der Waals surface area (Å²) in [7, 11) is 1.66. The number of nitrogens with two attached hydrogens (primary N) is 1. The predicted molar refractivity (Wildman–Crippen MR) is 76.9 cm³/mol. The molecule has 0 aliphatic heterocycles. The lowest BCUT2D eigenvalue weighted by atomic mass is 9.99. The highest BCUT2D eigenvalue weighted by molar-refractivity contribution is 5.85. The van der Waals surface area contributed by atoms with E-state index >= 15 is 0 Å². The molecule has 0 bridgehead atoms. The van der Waals surface area contributed by atoms with Crippen LogP contribution in [0.15, 0.2) is 24.3 Å². The van der Waals surface area contributed by atoms with Crippen LogP contribution in [0.1, 0.15) is 18.9 Å². The molecule has 104 valence electrons. The Balaban J connectivity index is 0.00000289. The number of methoxy groups -OCH3 is 1. The van der Waals surface area contributed by atoms with E-state index in [1.165, 1.54) is 0 Å². The molecule has 0 saturated carbocycles. The van der Waals surface area contributed by atoms with Crippen molar-refractivity contribution in [2.24, 2.45) is 0 Å². The van der Waals surface area contributed by atoms with E-state index in [9.17, 15) is 0 Å². The minimum atomic E-state index is -0.214. The highest BCUT2D eigenvalue weighted by Crippen LogP contribution is 2.12. The molecule has 0 aliphatic rings. The second-order valence-corrected chi connectivity index (χ2v) is 4.57. The first-order valence-corrected chi connectivity index (χ1v) is 5.79. The van der Waals surface area contributed by atoms with Crippen LogP contribution < -0.4 is 11.1 Å². The number of rotatable bonds is 7. The third-order valence-electron chi connectivity index (χ3n) is 2.80. The first-order chi connectivity index (χ1) is 8.09. The number of anilines is 1. The third kappa shape index (κ3) is 5.69. The molecule has 0 saturated heterocycles. The van der Waals surface area contributed by atoms with Crippen molar-refractivity contribution < 1.29 is 9.84 Å². The molecule has 1 aromatic rings. The van der Waals surface area contributed by atoms with Gasteiger partial charge in [0.05, 0.1) is 6.61 Å². The van der Waals surface area contributed by atoms with E-state index in [1.807, 2.05) is 31.2 Å². The summed E-state index contributed by atoms with van der Waals surface area (Å²) in [6.45, 7) is 3.46. The summed E-state index contributed by atoms with van der Waals surface area (Å²) in [6.07, 6.45) is 0.656. The van der Waals surface area contributed by atoms with Crippen LogP contribution in [0.4, 0.5) is 5.69 Å². The van der Waals surface area contributed by atoms with Crippen molar-refractivity contribution in [2.75, 3.05) is 26.1 Å². The molecule has 1 aromatic carbocycles. The van der Waals surface area contributed by atoms with Crippen molar-refractivity contribution >= 4 is 18.1 Å². The van der Waals surface area contributed by atoms with Crippen LogP contribution in [-0.2, 0) is 11.3 Å². The number of hydrogen-bond donors (Lipinski definition) is 3. The van der Waals surface area contributed by atoms with Crippen molar-refractivity contribution in [3.8, 4) is 0 Å². The molecule has 1 rings (SSSR count). The molecule has 1 atom stereocenters. The van der Waals surface area contributed by atoms with E-state index in [0.717, 1.165) is 11.3 Å². The summed E-state index contributed by atoms with van der Waals surface area (Å²) in [5.74, 6) is 0. The topological polar surface area (TPSA) is 67.5 Å². The number of nitrogens with one attached hydrogen (secondary N) is 1. The Morgan fingerprint density at radius 1 is 1.44 bits per heavy atom. The minimum Gasteiger partial charge on any atom is -0.399 e. The molecule has 0 amide bonds. The third-order valence-corrected chi connectivity index (χ3v) is 2.80. The highest BCUT2D eigenvalue weighted by atomic mass is 35.5. The van der Waals surface area contributed by atoms with Gasteiger partial charge in [-0.2, -0.15) is 0 Å². The molecular weight excluding hydrogens is 252 g/mol. The number of aliphatic hydroxyl groups is 1. The van der Waals surface area contributed by atoms with Crippen molar-refractivity contribution in [1.82, 2.24) is 5.32 Å². The number of halogens is 1. The summed E-state index contributed by atoms with van der Waals surface area (Å²) in [5, 5.41) is 12.5. The molecule has 0 spiro atoms. The lowest BCUT2D eigenvalue weighted by Crippen LogP contribution is -2.46. The molecule has 0 fully saturated rings. The van der Waals surface area contributed by atoms with Crippen LogP contribution in [0.2, 0.25) is 0 Å². The summed E-state index contributed by atoms with van der Waals surface area (Å²) in [6, 6.07) is 7.77. The van der Waals surface area contributed by atoms with Crippen molar-refractivity contribution in [1.29, 1.82) is 0 Å². The van der Waals surface area contributed by atoms with Gasteiger partial charge in [0.2, 0.25) is 0 Å². The molecule has 0 aromatic heterocycles. The average Bonchev–Trinajstić information content (AvgIpc) is 2.27. The minimum absolute atomic E-state index is 0. The quantitative estimate of drug-likeness (QED) is 0.660. The van der Waals surface area contributed by atoms with E-state index in [4.69, 9.17) is 15.6 Å². The standard InChI is InChI=1S/C13H22N2O2.ClH/c1-13(6-7-16,10-17-2)15-9-11-4-3-5-12(14)8-11;/h3-5,8,15-16H,6-7,9-10,14H2,1-2H3;1H. The summed E-state index contributed by atoms with van der Waals surface area (Å²) in [4.78, 5) is 0. The van der Waals surface area contributed by atoms with Gasteiger partial charge in [0, 0.05) is 31.5 Å². The highest BCUT2D eigenvalue weighted by Gasteiger charge is 2.22. The predicted octanol–water partition coefficient (Wildman–Crippen LogP) is 1.57. The summed E-state index contributed by atoms with van der Waals surface area (Å²) >= 11 is 0. The molecule has 0 aliphatic carbocycles. The van der Waals surface area contributed by atoms with E-state index < -0.39 is 0 Å². The smallest absolute Gasteiger partial charge is 0.0642 e. The molecule has 5 heteroatoms. The zero-order chi connectivity index (χ0) is 12.7. The van der Waals surface area contributed by atoms with Gasteiger partial charge in [0.15, 0.2) is 0 Å². The monoisotopic (exact) mass is 274 g/mol. The lowest BCUT2D eigenvalue weighted by Gasteiger charge is -2.29. The van der Waals surface area contributed by atoms with Gasteiger partial charge in [-0.15, -0.1) is 12.4 Å². The molecule has 0 radical (unpaired) electrons. The van der Waals surface area contributed by atoms with Crippen molar-refractivity contribution in [2.45, 2.75) is 25.4 Å². The maximum Gasteiger partial charge on any atom is 0.0642 e. The van der Waals surface area contributed by atoms with Crippen LogP contribution in [-0.4, -0.2) is 31.0 Å². The van der Waals surface area contributed by atoms with Crippen LogP contribution in [0.5, 0.6) is 0 Å². The number of hydrogen-bond acceptors (Lipinski definition) is 4. The number of benzene rings is 1. The van der Waals surface area contributed by atoms with E-state index in [0.29, 0.717) is 19.6 Å². The van der Waals surface area contributed by atoms with Gasteiger partial charge in [-0.05, 0) is 31.0 Å². The van der Waals surface area contributed by atoms with Crippen LogP contribution in [0.3, 0.4) is 0 Å². The van der Waals surface area contributed by atoms with Gasteiger partial charge in [-0.25, -0.2) is 0 Å². The van der Waals surface area contributed by atoms with E-state index in [2.05, 4.69) is 5.32 Å². The zero-order valence-corrected chi connectivity index (χ0v) is 11.8. The fraction of sp³-hybridized carbons (Fsp3) is 0.538. The van der Waals surface area contributed by atoms with Gasteiger partial charge in [-0.1, -0.05) is 12.1 Å². The Bertz CT molecular complexity index is 342. The first kappa shape index (κ1) is 17.2. The summed E-state index contributed by atoms with van der Waals surface area (Å²) in [5.41, 5.74) is 7.40. The van der Waals surface area contributed by atoms with Crippen molar-refractivity contribution in [3.63, 3.8) is 0 Å². The Labute approximate surface area is 115 Å². The van der Waals surface area contributed by atoms with Gasteiger partial charge in [0.25, 0.3) is 0 Å². The second kappa shape index (κ2) is 8.32. The van der Waals surface area contributed by atoms with Crippen LogP contribution >= 0.6 is 12.4 Å². The number of nitrogen functional groups attached to an aromatic ring is 1. The van der Waals surface area contributed by atoms with Crippen LogP contribution in [0.25, 0.3) is 0 Å². The van der Waals surface area contributed by atoms with E-state index in [-0.39, 0.29) is 24.6 Å². The molecular formula is C13H23ClN2O2. The van der Waals surface area contributed by atoms with Crippen molar-refractivity contribution in [3.05, 3.63) is 29.8 Å². The number of ether oxygens (including phenoxy) is 1. The zero-order valence-electron chi connectivity index (χ0n) is 11.0. The maximum absolute atomic E-state index is 9.05. The largest absolute Gasteiger partial charge is 0.399 e. The van der Waals surface area contributed by atoms with Gasteiger partial charge in [0.1, 0.15) is 0 Å². The normalized spacial score (nSPS) is 13.7. The van der Waals surface area contributed by atoms with Crippen LogP contribution in [0, 0.1) is 0 Å². The molecule has 4 nitrogen and oxygen atoms in total. The van der Waals surface area contributed by atoms with Gasteiger partial charge >= 0.3 is 0 Å². The summed E-state index contributed by atoms with van der Waals surface area (Å²) < 4.78 is 5.17. The average molecular weight is 275 g/mol. The fourth-order valence-corrected chi connectivity index (χ4v) is 1.80. The Kier molecular flexibility index (Phi) is 7.95. The maximum atomic E-state index is 9.05. The molecule has 18 heavy (non-hydrogen) atoms. The first-order valence-electron chi connectivity index (χ1n) is 5.79. The van der Waals surface area contributed by atoms with Gasteiger partial charge < -0.3 is 20.9 Å². The Hall–Kier alpha value is -0.810. The van der Waals surface area contributed by atoms with E-state index in [1.54, 1.807) is 7.11 Å². The Morgan fingerprint density at radius 2 is 2.17 bits per heavy atom. The molecule has 4 N–H and O–H groups in total. The Morgan fingerprint density at radius 3 is 2.72 bits per heavy atom. The SMILES string of the molecule is COCC(C)(CCO)NCc1cccc(N)c1.Cl. The molecule has 0 heterocycles. The fourth-order valence-electron chi connectivity index (χ4n) is 1.80. The number of aliphatic hydroxyl groups excluding tert-OH is 1. The molecule has 1 unspecified atom stereocenters. The second-order valence-electron chi connectivity index (χ2n) is 4.57. The lowest BCUT2D eigenvalue weighted by molar-refractivity contribution is 0.0970. The van der Waals surface area contributed by atoms with Gasteiger partial charge in [-0.3, -0.25) is 0 Å².